The van der Waals surface area contributed by atoms with E-state index in [2.05, 4.69) is 51.0 Å². The third-order valence-corrected chi connectivity index (χ3v) is 3.95. The van der Waals surface area contributed by atoms with Crippen LogP contribution in [0.3, 0.4) is 0 Å². The van der Waals surface area contributed by atoms with Crippen LogP contribution < -0.4 is 5.32 Å². The van der Waals surface area contributed by atoms with Gasteiger partial charge in [-0.3, -0.25) is 4.98 Å². The summed E-state index contributed by atoms with van der Waals surface area (Å²) >= 11 is 0. The number of rotatable bonds is 2. The second-order valence-corrected chi connectivity index (χ2v) is 7.45. The predicted octanol–water partition coefficient (Wildman–Crippen LogP) is 4.41. The first-order valence-electron chi connectivity index (χ1n) is 6.95. The Morgan fingerprint density at radius 3 is 2.33 bits per heavy atom. The summed E-state index contributed by atoms with van der Waals surface area (Å²) in [5, 5.41) is 3.70. The molecule has 1 aliphatic carbocycles. The van der Waals surface area contributed by atoms with Crippen molar-refractivity contribution in [1.29, 1.82) is 0 Å². The van der Waals surface area contributed by atoms with Gasteiger partial charge >= 0.3 is 0 Å². The van der Waals surface area contributed by atoms with E-state index in [0.29, 0.717) is 16.9 Å². The van der Waals surface area contributed by atoms with Gasteiger partial charge in [0.25, 0.3) is 0 Å². The van der Waals surface area contributed by atoms with Crippen molar-refractivity contribution in [3.05, 3.63) is 24.0 Å². The van der Waals surface area contributed by atoms with Gasteiger partial charge in [-0.15, -0.1) is 0 Å². The number of aromatic nitrogens is 1. The fourth-order valence-corrected chi connectivity index (χ4v) is 3.78. The maximum absolute atomic E-state index is 4.22. The molecule has 0 amide bonds. The van der Waals surface area contributed by atoms with Gasteiger partial charge in [-0.1, -0.05) is 27.7 Å². The predicted molar refractivity (Wildman–Crippen MR) is 77.8 cm³/mol. The van der Waals surface area contributed by atoms with Gasteiger partial charge in [-0.05, 0) is 48.6 Å². The largest absolute Gasteiger partial charge is 0.381 e. The zero-order chi connectivity index (χ0) is 13.4. The first-order chi connectivity index (χ1) is 8.27. The number of anilines is 1. The Labute approximate surface area is 111 Å². The van der Waals surface area contributed by atoms with E-state index in [9.17, 15) is 0 Å². The summed E-state index contributed by atoms with van der Waals surface area (Å²) in [6.07, 6.45) is 7.60. The number of nitrogens with zero attached hydrogens (tertiary/aromatic N) is 1. The normalized spacial score (nSPS) is 22.7. The lowest BCUT2D eigenvalue weighted by Crippen LogP contribution is -2.40. The maximum Gasteiger partial charge on any atom is 0.0558 e. The number of pyridine rings is 1. The molecule has 2 rings (SSSR count). The molecule has 18 heavy (non-hydrogen) atoms. The molecule has 0 atom stereocenters. The Morgan fingerprint density at radius 1 is 1.17 bits per heavy atom. The highest BCUT2D eigenvalue weighted by Crippen LogP contribution is 2.46. The molecule has 1 aliphatic rings. The summed E-state index contributed by atoms with van der Waals surface area (Å²) < 4.78 is 0. The Morgan fingerprint density at radius 2 is 1.78 bits per heavy atom. The second kappa shape index (κ2) is 4.56. The van der Waals surface area contributed by atoms with Crippen molar-refractivity contribution in [2.75, 3.05) is 5.32 Å². The summed E-state index contributed by atoms with van der Waals surface area (Å²) in [6.45, 7) is 11.7. The Bertz CT molecular complexity index is 405. The minimum Gasteiger partial charge on any atom is -0.381 e. The van der Waals surface area contributed by atoms with Crippen LogP contribution in [0.15, 0.2) is 18.5 Å². The first-order valence-corrected chi connectivity index (χ1v) is 6.95. The summed E-state index contributed by atoms with van der Waals surface area (Å²) in [7, 11) is 0. The van der Waals surface area contributed by atoms with Crippen LogP contribution in [-0.2, 0) is 0 Å². The van der Waals surface area contributed by atoms with Crippen molar-refractivity contribution in [2.24, 2.45) is 10.8 Å². The minimum atomic E-state index is 0.426. The monoisotopic (exact) mass is 246 g/mol. The highest BCUT2D eigenvalue weighted by molar-refractivity contribution is 5.48. The lowest BCUT2D eigenvalue weighted by molar-refractivity contribution is 0.105. The standard InChI is InChI=1S/C16H26N2/c1-12-6-7-17-10-14(12)18-13-8-15(2,3)11-16(4,5)9-13/h6-7,10,13,18H,8-9,11H2,1-5H3. The van der Waals surface area contributed by atoms with E-state index in [4.69, 9.17) is 0 Å². The third kappa shape index (κ3) is 3.24. The lowest BCUT2D eigenvalue weighted by atomic mass is 9.63. The van der Waals surface area contributed by atoms with Crippen molar-refractivity contribution in [2.45, 2.75) is 59.9 Å². The fraction of sp³-hybridized carbons (Fsp3) is 0.688. The molecule has 1 N–H and O–H groups in total. The summed E-state index contributed by atoms with van der Waals surface area (Å²) in [5.74, 6) is 0. The fourth-order valence-electron chi connectivity index (χ4n) is 3.78. The van der Waals surface area contributed by atoms with Crippen molar-refractivity contribution < 1.29 is 0 Å². The highest BCUT2D eigenvalue weighted by atomic mass is 14.9. The first kappa shape index (κ1) is 13.4. The smallest absolute Gasteiger partial charge is 0.0558 e. The second-order valence-electron chi connectivity index (χ2n) is 7.45. The van der Waals surface area contributed by atoms with Gasteiger partial charge in [0.05, 0.1) is 11.9 Å². The molecule has 1 fully saturated rings. The van der Waals surface area contributed by atoms with Crippen LogP contribution >= 0.6 is 0 Å². The van der Waals surface area contributed by atoms with Crippen LogP contribution in [0, 0.1) is 17.8 Å². The zero-order valence-corrected chi connectivity index (χ0v) is 12.4. The molecule has 0 saturated heterocycles. The Balaban J connectivity index is 2.12. The van der Waals surface area contributed by atoms with Gasteiger partial charge in [0, 0.05) is 12.2 Å². The minimum absolute atomic E-state index is 0.426. The summed E-state index contributed by atoms with van der Waals surface area (Å²) in [5.41, 5.74) is 3.33. The third-order valence-electron chi connectivity index (χ3n) is 3.95. The van der Waals surface area contributed by atoms with Crippen molar-refractivity contribution in [1.82, 2.24) is 4.98 Å². The molecule has 2 heteroatoms. The number of hydrogen-bond donors (Lipinski definition) is 1. The quantitative estimate of drug-likeness (QED) is 0.836. The molecular formula is C16H26N2. The molecule has 0 radical (unpaired) electrons. The van der Waals surface area contributed by atoms with E-state index in [1.807, 2.05) is 12.4 Å². The van der Waals surface area contributed by atoms with Crippen LogP contribution in [0.5, 0.6) is 0 Å². The molecule has 1 aromatic rings. The summed E-state index contributed by atoms with van der Waals surface area (Å²) in [6, 6.07) is 2.63. The zero-order valence-electron chi connectivity index (χ0n) is 12.4. The van der Waals surface area contributed by atoms with Gasteiger partial charge < -0.3 is 5.32 Å². The van der Waals surface area contributed by atoms with E-state index >= 15 is 0 Å². The molecule has 100 valence electrons. The van der Waals surface area contributed by atoms with E-state index in [1.54, 1.807) is 0 Å². The Kier molecular flexibility index (Phi) is 3.39. The molecule has 2 nitrogen and oxygen atoms in total. The van der Waals surface area contributed by atoms with Crippen molar-refractivity contribution in [3.63, 3.8) is 0 Å². The van der Waals surface area contributed by atoms with Crippen LogP contribution in [0.25, 0.3) is 0 Å². The van der Waals surface area contributed by atoms with Crippen molar-refractivity contribution in [3.8, 4) is 0 Å². The molecule has 1 saturated carbocycles. The van der Waals surface area contributed by atoms with E-state index < -0.39 is 0 Å². The van der Waals surface area contributed by atoms with Crippen LogP contribution in [0.2, 0.25) is 0 Å². The molecule has 0 unspecified atom stereocenters. The van der Waals surface area contributed by atoms with Gasteiger partial charge in [0.2, 0.25) is 0 Å². The SMILES string of the molecule is Cc1ccncc1NC1CC(C)(C)CC(C)(C)C1. The highest BCUT2D eigenvalue weighted by Gasteiger charge is 2.38. The molecule has 0 spiro atoms. The van der Waals surface area contributed by atoms with Crippen LogP contribution in [-0.4, -0.2) is 11.0 Å². The van der Waals surface area contributed by atoms with Crippen LogP contribution in [0.1, 0.15) is 52.5 Å². The van der Waals surface area contributed by atoms with Gasteiger partial charge in [0.15, 0.2) is 0 Å². The van der Waals surface area contributed by atoms with Gasteiger partial charge in [0.1, 0.15) is 0 Å². The average Bonchev–Trinajstić information content (AvgIpc) is 2.16. The molecule has 0 bridgehead atoms. The van der Waals surface area contributed by atoms with Crippen LogP contribution in [0.4, 0.5) is 5.69 Å². The molecule has 1 aromatic heterocycles. The topological polar surface area (TPSA) is 24.9 Å². The number of hydrogen-bond acceptors (Lipinski definition) is 2. The molecule has 0 aliphatic heterocycles. The summed E-state index contributed by atoms with van der Waals surface area (Å²) in [4.78, 5) is 4.22. The molecule has 1 heterocycles. The molecular weight excluding hydrogens is 220 g/mol. The molecule has 0 aromatic carbocycles. The van der Waals surface area contributed by atoms with E-state index in [0.717, 1.165) is 0 Å². The number of nitrogens with one attached hydrogen (secondary N) is 1. The maximum atomic E-state index is 4.22. The van der Waals surface area contributed by atoms with E-state index in [1.165, 1.54) is 30.5 Å². The van der Waals surface area contributed by atoms with E-state index in [-0.39, 0.29) is 0 Å². The lowest BCUT2D eigenvalue weighted by Gasteiger charge is -2.45. The van der Waals surface area contributed by atoms with Gasteiger partial charge in [-0.25, -0.2) is 0 Å². The number of aryl methyl sites for hydroxylation is 1. The van der Waals surface area contributed by atoms with Crippen molar-refractivity contribution >= 4 is 5.69 Å². The average molecular weight is 246 g/mol. The Hall–Kier alpha value is -1.05. The van der Waals surface area contributed by atoms with Gasteiger partial charge in [-0.2, -0.15) is 0 Å².